The minimum atomic E-state index is -1.51. The zero-order chi connectivity index (χ0) is 57.6. The zero-order valence-corrected chi connectivity index (χ0v) is 51.8. The van der Waals surface area contributed by atoms with E-state index in [2.05, 4.69) is 111 Å². The highest BCUT2D eigenvalue weighted by molar-refractivity contribution is 5.71. The molecule has 0 saturated heterocycles. The normalized spacial score (nSPS) is 13.4. The summed E-state index contributed by atoms with van der Waals surface area (Å²) in [5, 5.41) is 9.72. The average Bonchev–Trinajstić information content (AvgIpc) is 3.42. The van der Waals surface area contributed by atoms with Crippen molar-refractivity contribution in [3.8, 4) is 0 Å². The summed E-state index contributed by atoms with van der Waals surface area (Å²) in [5.74, 6) is -2.01. The molecule has 0 aromatic rings. The molecule has 0 rings (SSSR count). The number of carbonyl (C=O) groups excluding carboxylic acids is 2. The molecule has 0 fully saturated rings. The first-order valence-electron chi connectivity index (χ1n) is 32.4. The van der Waals surface area contributed by atoms with E-state index < -0.39 is 24.3 Å². The van der Waals surface area contributed by atoms with Crippen molar-refractivity contribution in [2.24, 2.45) is 0 Å². The van der Waals surface area contributed by atoms with Crippen LogP contribution in [0.5, 0.6) is 0 Å². The first-order valence-corrected chi connectivity index (χ1v) is 32.4. The number of ether oxygens (including phenoxy) is 4. The highest BCUT2D eigenvalue weighted by Gasteiger charge is 2.25. The van der Waals surface area contributed by atoms with Gasteiger partial charge in [0.2, 0.25) is 0 Å². The summed E-state index contributed by atoms with van der Waals surface area (Å²) in [5.41, 5.74) is 0. The topological polar surface area (TPSA) is 108 Å². The van der Waals surface area contributed by atoms with Gasteiger partial charge in [-0.05, 0) is 96.3 Å². The molecule has 0 saturated carbocycles. The van der Waals surface area contributed by atoms with Crippen molar-refractivity contribution in [3.63, 3.8) is 0 Å². The van der Waals surface area contributed by atoms with E-state index in [0.29, 0.717) is 17.4 Å². The van der Waals surface area contributed by atoms with Crippen LogP contribution in [0, 0.1) is 0 Å². The Bertz CT molecular complexity index is 1620. The molecule has 0 radical (unpaired) electrons. The monoisotopic (exact) mass is 1100 g/mol. The van der Waals surface area contributed by atoms with Crippen LogP contribution in [-0.2, 0) is 33.3 Å². The first kappa shape index (κ1) is 75.2. The van der Waals surface area contributed by atoms with Crippen LogP contribution < -0.4 is 0 Å². The van der Waals surface area contributed by atoms with Crippen LogP contribution in [0.1, 0.15) is 271 Å². The Hall–Kier alpha value is -3.79. The van der Waals surface area contributed by atoms with E-state index in [1.807, 2.05) is 21.1 Å². The molecule has 9 heteroatoms. The fraction of sp³-hybridized carbons (Fsp3) is 0.729. The van der Waals surface area contributed by atoms with Crippen LogP contribution in [0.3, 0.4) is 0 Å². The Morgan fingerprint density at radius 1 is 0.392 bits per heavy atom. The number of hydrogen-bond donors (Lipinski definition) is 1. The summed E-state index contributed by atoms with van der Waals surface area (Å²) < 4.78 is 22.9. The summed E-state index contributed by atoms with van der Waals surface area (Å²) in [6.45, 7) is 4.75. The van der Waals surface area contributed by atoms with Gasteiger partial charge >= 0.3 is 17.9 Å². The molecule has 0 aromatic carbocycles. The predicted octanol–water partition coefficient (Wildman–Crippen LogP) is 19.7. The standard InChI is InChI=1S/C70H121NO8/c1-6-8-10-12-14-16-18-20-22-24-26-27-28-29-30-31-32-33-34-35-36-37-38-39-40-41-43-45-47-49-51-53-55-57-59-61-68(73)79-66(65-78-70(69(74)75)76-63-62-71(3,4)5)64-77-67(72)60-58-56-54-52-50-48-46-44-42-25-23-21-19-17-15-13-11-9-7-2/h8,10,14-17,20-23,26-27,29-30,32-33,66,70H,6-7,9,11-13,18-19,24-25,28,31,34-65H2,1-5H3/p+1/b10-8-,16-14-,17-15-,22-20-,23-21-,27-26-,30-29-,33-32-. The maximum Gasteiger partial charge on any atom is 0.361 e. The van der Waals surface area contributed by atoms with Crippen molar-refractivity contribution in [2.75, 3.05) is 47.5 Å². The largest absolute Gasteiger partial charge is 0.477 e. The molecule has 79 heavy (non-hydrogen) atoms. The fourth-order valence-electron chi connectivity index (χ4n) is 8.87. The number of carboxylic acid groups (broad SMARTS) is 1. The van der Waals surface area contributed by atoms with E-state index in [0.717, 1.165) is 83.5 Å². The van der Waals surface area contributed by atoms with E-state index in [1.165, 1.54) is 161 Å². The van der Waals surface area contributed by atoms with Crippen LogP contribution in [-0.4, -0.2) is 87.4 Å². The summed E-state index contributed by atoms with van der Waals surface area (Å²) in [6, 6.07) is 0. The molecule has 0 bridgehead atoms. The third-order valence-electron chi connectivity index (χ3n) is 13.8. The van der Waals surface area contributed by atoms with Gasteiger partial charge in [0.1, 0.15) is 13.2 Å². The SMILES string of the molecule is CC/C=C\C/C=C\C/C=C\C/C=C\C/C=C\C/C=C\CCCCCCCCCCCCCCCCCCC(=O)OC(COC(=O)CCCCCCCCCCC/C=C\C/C=C\CCCCC)COC(OCC[N+](C)(C)C)C(=O)O. The van der Waals surface area contributed by atoms with Gasteiger partial charge in [0, 0.05) is 12.8 Å². The summed E-state index contributed by atoms with van der Waals surface area (Å²) in [7, 11) is 5.97. The number of nitrogens with zero attached hydrogens (tertiary/aromatic N) is 1. The maximum absolute atomic E-state index is 12.9. The Labute approximate surface area is 486 Å². The van der Waals surface area contributed by atoms with Crippen molar-refractivity contribution in [1.82, 2.24) is 0 Å². The number of unbranched alkanes of at least 4 members (excludes halogenated alkanes) is 28. The number of esters is 2. The fourth-order valence-corrected chi connectivity index (χ4v) is 8.87. The number of likely N-dealkylation sites (N-methyl/N-ethyl adjacent to an activating group) is 1. The van der Waals surface area contributed by atoms with Crippen LogP contribution >= 0.6 is 0 Å². The summed E-state index contributed by atoms with van der Waals surface area (Å²) in [6.07, 6.45) is 79.3. The number of allylic oxidation sites excluding steroid dienone is 16. The number of rotatable bonds is 59. The lowest BCUT2D eigenvalue weighted by Gasteiger charge is -2.25. The third kappa shape index (κ3) is 61.7. The lowest BCUT2D eigenvalue weighted by atomic mass is 10.0. The van der Waals surface area contributed by atoms with Crippen LogP contribution in [0.15, 0.2) is 97.2 Å². The molecule has 454 valence electrons. The van der Waals surface area contributed by atoms with Crippen molar-refractivity contribution >= 4 is 17.9 Å². The number of carboxylic acids is 1. The second-order valence-corrected chi connectivity index (χ2v) is 22.7. The molecule has 0 aliphatic carbocycles. The van der Waals surface area contributed by atoms with Crippen molar-refractivity contribution in [3.05, 3.63) is 97.2 Å². The number of quaternary nitrogens is 1. The molecular formula is C70H122NO8+. The Morgan fingerprint density at radius 3 is 1.08 bits per heavy atom. The third-order valence-corrected chi connectivity index (χ3v) is 13.8. The molecule has 2 atom stereocenters. The molecular weight excluding hydrogens is 983 g/mol. The van der Waals surface area contributed by atoms with E-state index in [4.69, 9.17) is 18.9 Å². The van der Waals surface area contributed by atoms with E-state index in [1.54, 1.807) is 0 Å². The predicted molar refractivity (Wildman–Crippen MR) is 336 cm³/mol. The number of carbonyl (C=O) groups is 3. The maximum atomic E-state index is 12.9. The molecule has 1 N–H and O–H groups in total. The van der Waals surface area contributed by atoms with E-state index in [-0.39, 0.29) is 32.2 Å². The molecule has 0 heterocycles. The number of aliphatic carboxylic acids is 1. The van der Waals surface area contributed by atoms with Gasteiger partial charge in [0.05, 0.1) is 34.4 Å². The molecule has 0 spiro atoms. The second kappa shape index (κ2) is 60.3. The smallest absolute Gasteiger partial charge is 0.361 e. The van der Waals surface area contributed by atoms with Gasteiger partial charge in [-0.25, -0.2) is 4.79 Å². The second-order valence-electron chi connectivity index (χ2n) is 22.7. The molecule has 2 unspecified atom stereocenters. The first-order chi connectivity index (χ1) is 38.6. The van der Waals surface area contributed by atoms with Gasteiger partial charge in [-0.2, -0.15) is 0 Å². The van der Waals surface area contributed by atoms with Crippen LogP contribution in [0.25, 0.3) is 0 Å². The Kier molecular flexibility index (Phi) is 57.4. The molecule has 0 aliphatic heterocycles. The van der Waals surface area contributed by atoms with Gasteiger partial charge in [-0.1, -0.05) is 259 Å². The van der Waals surface area contributed by atoms with Gasteiger partial charge in [-0.15, -0.1) is 0 Å². The minimum Gasteiger partial charge on any atom is -0.477 e. The Balaban J connectivity index is 4.12. The van der Waals surface area contributed by atoms with Crippen molar-refractivity contribution in [2.45, 2.75) is 283 Å². The van der Waals surface area contributed by atoms with Gasteiger partial charge in [0.25, 0.3) is 6.29 Å². The average molecular weight is 1110 g/mol. The van der Waals surface area contributed by atoms with E-state index >= 15 is 0 Å². The van der Waals surface area contributed by atoms with Gasteiger partial charge in [0.15, 0.2) is 6.10 Å². The highest BCUT2D eigenvalue weighted by atomic mass is 16.7. The summed E-state index contributed by atoms with van der Waals surface area (Å²) in [4.78, 5) is 37.5. The van der Waals surface area contributed by atoms with Gasteiger partial charge < -0.3 is 28.5 Å². The lowest BCUT2D eigenvalue weighted by molar-refractivity contribution is -0.870. The van der Waals surface area contributed by atoms with Crippen LogP contribution in [0.2, 0.25) is 0 Å². The minimum absolute atomic E-state index is 0.184. The molecule has 0 amide bonds. The quantitative estimate of drug-likeness (QED) is 0.0211. The van der Waals surface area contributed by atoms with Crippen LogP contribution in [0.4, 0.5) is 0 Å². The molecule has 9 nitrogen and oxygen atoms in total. The lowest BCUT2D eigenvalue weighted by Crippen LogP contribution is -2.40. The molecule has 0 aromatic heterocycles. The van der Waals surface area contributed by atoms with E-state index in [9.17, 15) is 19.5 Å². The highest BCUT2D eigenvalue weighted by Crippen LogP contribution is 2.17. The Morgan fingerprint density at radius 2 is 0.722 bits per heavy atom. The van der Waals surface area contributed by atoms with Gasteiger partial charge in [-0.3, -0.25) is 9.59 Å². The summed E-state index contributed by atoms with van der Waals surface area (Å²) >= 11 is 0. The molecule has 0 aliphatic rings. The van der Waals surface area contributed by atoms with Crippen molar-refractivity contribution < 1.29 is 42.9 Å². The number of hydrogen-bond acceptors (Lipinski definition) is 7. The zero-order valence-electron chi connectivity index (χ0n) is 51.8. The van der Waals surface area contributed by atoms with Crippen molar-refractivity contribution in [1.29, 1.82) is 0 Å².